The smallest absolute Gasteiger partial charge is 0.335 e. The van der Waals surface area contributed by atoms with Gasteiger partial charge in [-0.15, -0.1) is 5.10 Å². The molecule has 1 aromatic carbocycles. The van der Waals surface area contributed by atoms with Gasteiger partial charge in [0.15, 0.2) is 0 Å². The molecule has 0 atom stereocenters. The topological polar surface area (TPSA) is 80.0 Å². The predicted octanol–water partition coefficient (Wildman–Crippen LogP) is 0.766. The molecule has 94 valence electrons. The molecule has 0 unspecified atom stereocenters. The summed E-state index contributed by atoms with van der Waals surface area (Å²) in [6.07, 6.45) is 3.45. The van der Waals surface area contributed by atoms with Gasteiger partial charge in [0.25, 0.3) is 0 Å². The zero-order chi connectivity index (χ0) is 12.8. The molecule has 2 aromatic rings. The Labute approximate surface area is 104 Å². The molecule has 18 heavy (non-hydrogen) atoms. The van der Waals surface area contributed by atoms with Crippen molar-refractivity contribution in [3.8, 4) is 0 Å². The lowest BCUT2D eigenvalue weighted by Gasteiger charge is -2.05. The quantitative estimate of drug-likeness (QED) is 0.736. The summed E-state index contributed by atoms with van der Waals surface area (Å²) in [4.78, 5) is 10.7. The number of carboxylic acids is 1. The highest BCUT2D eigenvalue weighted by atomic mass is 16.4. The molecule has 0 aliphatic rings. The van der Waals surface area contributed by atoms with E-state index in [1.165, 1.54) is 0 Å². The average molecular weight is 246 g/mol. The van der Waals surface area contributed by atoms with Crippen molar-refractivity contribution in [2.75, 3.05) is 6.54 Å². The highest BCUT2D eigenvalue weighted by Gasteiger charge is 2.01. The van der Waals surface area contributed by atoms with E-state index in [2.05, 4.69) is 15.6 Å². The fourth-order valence-electron chi connectivity index (χ4n) is 1.54. The van der Waals surface area contributed by atoms with Gasteiger partial charge in [-0.3, -0.25) is 4.68 Å². The van der Waals surface area contributed by atoms with Crippen LogP contribution in [0.4, 0.5) is 0 Å². The van der Waals surface area contributed by atoms with Crippen LogP contribution in [0.3, 0.4) is 0 Å². The van der Waals surface area contributed by atoms with Crippen LogP contribution in [0.15, 0.2) is 36.7 Å². The normalized spacial score (nSPS) is 10.4. The summed E-state index contributed by atoms with van der Waals surface area (Å²) in [6, 6.07) is 6.84. The molecule has 0 aliphatic heterocycles. The molecule has 0 aliphatic carbocycles. The van der Waals surface area contributed by atoms with Gasteiger partial charge < -0.3 is 10.4 Å². The van der Waals surface area contributed by atoms with E-state index >= 15 is 0 Å². The molecule has 0 saturated heterocycles. The number of nitrogens with zero attached hydrogens (tertiary/aromatic N) is 3. The average Bonchev–Trinajstić information content (AvgIpc) is 2.88. The van der Waals surface area contributed by atoms with E-state index in [-0.39, 0.29) is 0 Å². The SMILES string of the molecule is O=C(O)c1ccc(CNCCn2ccnn2)cc1. The summed E-state index contributed by atoms with van der Waals surface area (Å²) < 4.78 is 1.75. The minimum absolute atomic E-state index is 0.307. The standard InChI is InChI=1S/C12H14N4O2/c17-12(18)11-3-1-10(2-4-11)9-13-5-7-16-8-6-14-15-16/h1-4,6,8,13H,5,7,9H2,(H,17,18). The maximum absolute atomic E-state index is 10.7. The number of nitrogens with one attached hydrogen (secondary N) is 1. The Morgan fingerprint density at radius 1 is 1.33 bits per heavy atom. The van der Waals surface area contributed by atoms with Gasteiger partial charge in [0.1, 0.15) is 0 Å². The van der Waals surface area contributed by atoms with Gasteiger partial charge in [0.2, 0.25) is 0 Å². The summed E-state index contributed by atoms with van der Waals surface area (Å²) in [5.74, 6) is -0.902. The molecule has 2 N–H and O–H groups in total. The van der Waals surface area contributed by atoms with Crippen molar-refractivity contribution >= 4 is 5.97 Å². The zero-order valence-corrected chi connectivity index (χ0v) is 9.78. The van der Waals surface area contributed by atoms with Crippen molar-refractivity contribution in [2.45, 2.75) is 13.1 Å². The third-order valence-corrected chi connectivity index (χ3v) is 2.52. The summed E-state index contributed by atoms with van der Waals surface area (Å²) in [5, 5.41) is 19.6. The first-order valence-electron chi connectivity index (χ1n) is 5.63. The molecule has 6 heteroatoms. The third kappa shape index (κ3) is 3.39. The van der Waals surface area contributed by atoms with E-state index in [1.807, 2.05) is 18.3 Å². The number of hydrogen-bond donors (Lipinski definition) is 2. The van der Waals surface area contributed by atoms with Gasteiger partial charge >= 0.3 is 5.97 Å². The first-order chi connectivity index (χ1) is 8.75. The van der Waals surface area contributed by atoms with E-state index in [0.29, 0.717) is 12.1 Å². The molecular weight excluding hydrogens is 232 g/mol. The fraction of sp³-hybridized carbons (Fsp3) is 0.250. The van der Waals surface area contributed by atoms with Crippen LogP contribution in [-0.2, 0) is 13.1 Å². The molecule has 0 bridgehead atoms. The lowest BCUT2D eigenvalue weighted by atomic mass is 10.1. The molecule has 1 heterocycles. The van der Waals surface area contributed by atoms with Gasteiger partial charge in [-0.05, 0) is 17.7 Å². The van der Waals surface area contributed by atoms with Crippen LogP contribution in [0.2, 0.25) is 0 Å². The second-order valence-corrected chi connectivity index (χ2v) is 3.84. The summed E-state index contributed by atoms with van der Waals surface area (Å²) >= 11 is 0. The summed E-state index contributed by atoms with van der Waals surface area (Å²) in [6.45, 7) is 2.24. The highest BCUT2D eigenvalue weighted by Crippen LogP contribution is 2.03. The van der Waals surface area contributed by atoms with E-state index in [0.717, 1.165) is 18.7 Å². The molecule has 0 amide bonds. The lowest BCUT2D eigenvalue weighted by Crippen LogP contribution is -2.19. The van der Waals surface area contributed by atoms with E-state index in [9.17, 15) is 4.79 Å². The Hall–Kier alpha value is -2.21. The maximum Gasteiger partial charge on any atom is 0.335 e. The van der Waals surface area contributed by atoms with E-state index in [4.69, 9.17) is 5.11 Å². The van der Waals surface area contributed by atoms with Crippen LogP contribution in [0.25, 0.3) is 0 Å². The van der Waals surface area contributed by atoms with E-state index < -0.39 is 5.97 Å². The molecule has 0 spiro atoms. The number of hydrogen-bond acceptors (Lipinski definition) is 4. The largest absolute Gasteiger partial charge is 0.478 e. The van der Waals surface area contributed by atoms with Crippen LogP contribution in [0.1, 0.15) is 15.9 Å². The van der Waals surface area contributed by atoms with Crippen LogP contribution in [0.5, 0.6) is 0 Å². The Kier molecular flexibility index (Phi) is 4.03. The highest BCUT2D eigenvalue weighted by molar-refractivity contribution is 5.87. The van der Waals surface area contributed by atoms with Crippen molar-refractivity contribution in [1.82, 2.24) is 20.3 Å². The number of benzene rings is 1. The molecule has 1 aromatic heterocycles. The van der Waals surface area contributed by atoms with Gasteiger partial charge in [0.05, 0.1) is 18.3 Å². The van der Waals surface area contributed by atoms with Gasteiger partial charge in [0, 0.05) is 19.3 Å². The minimum atomic E-state index is -0.902. The third-order valence-electron chi connectivity index (χ3n) is 2.52. The first-order valence-corrected chi connectivity index (χ1v) is 5.63. The summed E-state index contributed by atoms with van der Waals surface area (Å²) in [5.41, 5.74) is 1.36. The van der Waals surface area contributed by atoms with Crippen LogP contribution >= 0.6 is 0 Å². The van der Waals surface area contributed by atoms with Crippen molar-refractivity contribution < 1.29 is 9.90 Å². The molecule has 2 rings (SSSR count). The molecular formula is C12H14N4O2. The van der Waals surface area contributed by atoms with Crippen molar-refractivity contribution in [2.24, 2.45) is 0 Å². The molecule has 6 nitrogen and oxygen atoms in total. The Morgan fingerprint density at radius 3 is 2.72 bits per heavy atom. The number of aromatic carboxylic acids is 1. The van der Waals surface area contributed by atoms with Crippen molar-refractivity contribution in [3.05, 3.63) is 47.8 Å². The van der Waals surface area contributed by atoms with Gasteiger partial charge in [-0.2, -0.15) is 0 Å². The lowest BCUT2D eigenvalue weighted by molar-refractivity contribution is 0.0697. The number of aromatic nitrogens is 3. The molecule has 0 saturated carbocycles. The monoisotopic (exact) mass is 246 g/mol. The molecule has 0 fully saturated rings. The second-order valence-electron chi connectivity index (χ2n) is 3.84. The van der Waals surface area contributed by atoms with Crippen molar-refractivity contribution in [3.63, 3.8) is 0 Å². The maximum atomic E-state index is 10.7. The predicted molar refractivity (Wildman–Crippen MR) is 65.1 cm³/mol. The number of rotatable bonds is 6. The van der Waals surface area contributed by atoms with Gasteiger partial charge in [-0.1, -0.05) is 17.3 Å². The van der Waals surface area contributed by atoms with Crippen LogP contribution in [-0.4, -0.2) is 32.6 Å². The van der Waals surface area contributed by atoms with Crippen LogP contribution in [0, 0.1) is 0 Å². The zero-order valence-electron chi connectivity index (χ0n) is 9.78. The summed E-state index contributed by atoms with van der Waals surface area (Å²) in [7, 11) is 0. The Bertz CT molecular complexity index is 493. The fourth-order valence-corrected chi connectivity index (χ4v) is 1.54. The van der Waals surface area contributed by atoms with E-state index in [1.54, 1.807) is 23.0 Å². The minimum Gasteiger partial charge on any atom is -0.478 e. The molecule has 0 radical (unpaired) electrons. The number of carboxylic acid groups (broad SMARTS) is 1. The van der Waals surface area contributed by atoms with Crippen molar-refractivity contribution in [1.29, 1.82) is 0 Å². The Balaban J connectivity index is 1.75. The Morgan fingerprint density at radius 2 is 2.11 bits per heavy atom. The first kappa shape index (κ1) is 12.3. The van der Waals surface area contributed by atoms with Gasteiger partial charge in [-0.25, -0.2) is 4.79 Å². The van der Waals surface area contributed by atoms with Crippen LogP contribution < -0.4 is 5.32 Å². The second kappa shape index (κ2) is 5.92. The number of carbonyl (C=O) groups is 1.